The fraction of sp³-hybridized carbons (Fsp3) is 0. The van der Waals surface area contributed by atoms with Gasteiger partial charge < -0.3 is 4.74 Å². The highest BCUT2D eigenvalue weighted by Crippen LogP contribution is 2.14. The van der Waals surface area contributed by atoms with E-state index in [9.17, 15) is 0 Å². The summed E-state index contributed by atoms with van der Waals surface area (Å²) in [6.07, 6.45) is 4.23. The van der Waals surface area contributed by atoms with Crippen LogP contribution in [0.4, 0.5) is 0 Å². The molecule has 0 aliphatic heterocycles. The number of hydrogen-bond acceptors (Lipinski definition) is 3. The minimum atomic E-state index is 0.314. The highest BCUT2D eigenvalue weighted by atomic mass is 16.5. The Kier molecular flexibility index (Phi) is 2.18. The molecule has 1 heterocycles. The van der Waals surface area contributed by atoms with Crippen molar-refractivity contribution in [3.05, 3.63) is 48.8 Å². The van der Waals surface area contributed by atoms with Crippen LogP contribution in [-0.2, 0) is 0 Å². The molecule has 0 saturated heterocycles. The maximum absolute atomic E-state index is 5.32. The molecule has 3 nitrogen and oxygen atoms in total. The summed E-state index contributed by atoms with van der Waals surface area (Å²) >= 11 is 0. The molecule has 63 valence electrons. The van der Waals surface area contributed by atoms with E-state index in [1.807, 2.05) is 30.3 Å². The van der Waals surface area contributed by atoms with Crippen LogP contribution in [0.1, 0.15) is 0 Å². The molecule has 1 aromatic heterocycles. The van der Waals surface area contributed by atoms with Crippen LogP contribution in [0.25, 0.3) is 0 Å². The first-order valence-corrected chi connectivity index (χ1v) is 3.87. The van der Waals surface area contributed by atoms with Crippen LogP contribution >= 0.6 is 0 Å². The largest absolute Gasteiger partial charge is 0.424 e. The number of ether oxygens (including phenoxy) is 1. The molecule has 0 saturated carbocycles. The fourth-order valence-corrected chi connectivity index (χ4v) is 0.899. The Bertz CT molecular complexity index is 324. The van der Waals surface area contributed by atoms with E-state index in [-0.39, 0.29) is 0 Å². The van der Waals surface area contributed by atoms with Gasteiger partial charge in [-0.1, -0.05) is 18.2 Å². The van der Waals surface area contributed by atoms with E-state index in [2.05, 4.69) is 16.2 Å². The fourth-order valence-electron chi connectivity index (χ4n) is 0.899. The first-order valence-electron chi connectivity index (χ1n) is 3.87. The number of rotatable bonds is 2. The van der Waals surface area contributed by atoms with Gasteiger partial charge in [-0.05, 0) is 18.2 Å². The van der Waals surface area contributed by atoms with Gasteiger partial charge in [0.05, 0.1) is 6.20 Å². The molecular weight excluding hydrogens is 164 g/mol. The molecule has 2 aromatic rings. The lowest BCUT2D eigenvalue weighted by Gasteiger charge is -2.00. The lowest BCUT2D eigenvalue weighted by Crippen LogP contribution is -1.89. The summed E-state index contributed by atoms with van der Waals surface area (Å²) in [5.41, 5.74) is 0. The van der Waals surface area contributed by atoms with Crippen molar-refractivity contribution in [2.45, 2.75) is 0 Å². The summed E-state index contributed by atoms with van der Waals surface area (Å²) < 4.78 is 5.32. The lowest BCUT2D eigenvalue weighted by atomic mass is 10.3. The molecule has 0 fully saturated rings. The number of para-hydroxylation sites is 1. The van der Waals surface area contributed by atoms with Gasteiger partial charge in [-0.15, -0.1) is 0 Å². The monoisotopic (exact) mass is 171 g/mol. The molecule has 2 rings (SSSR count). The Morgan fingerprint density at radius 2 is 2.00 bits per heavy atom. The molecule has 3 heteroatoms. The van der Waals surface area contributed by atoms with Crippen molar-refractivity contribution in [3.8, 4) is 11.8 Å². The van der Waals surface area contributed by atoms with E-state index in [1.165, 1.54) is 0 Å². The number of hydrogen-bond donors (Lipinski definition) is 0. The minimum Gasteiger partial charge on any atom is -0.424 e. The number of aromatic nitrogens is 2. The van der Waals surface area contributed by atoms with Gasteiger partial charge in [-0.3, -0.25) is 0 Å². The second-order valence-corrected chi connectivity index (χ2v) is 2.38. The van der Waals surface area contributed by atoms with E-state index in [0.29, 0.717) is 6.01 Å². The molecule has 0 aliphatic carbocycles. The Morgan fingerprint density at radius 3 is 2.69 bits per heavy atom. The van der Waals surface area contributed by atoms with Gasteiger partial charge in [0, 0.05) is 6.20 Å². The summed E-state index contributed by atoms with van der Waals surface area (Å²) in [6, 6.07) is 11.3. The van der Waals surface area contributed by atoms with Crippen molar-refractivity contribution in [2.75, 3.05) is 0 Å². The number of nitrogens with zero attached hydrogens (tertiary/aromatic N) is 2. The summed E-state index contributed by atoms with van der Waals surface area (Å²) in [4.78, 5) is 7.73. The van der Waals surface area contributed by atoms with Crippen LogP contribution in [0.2, 0.25) is 0 Å². The van der Waals surface area contributed by atoms with Gasteiger partial charge in [0.1, 0.15) is 5.75 Å². The smallest absolute Gasteiger partial charge is 0.322 e. The van der Waals surface area contributed by atoms with Gasteiger partial charge in [0.2, 0.25) is 0 Å². The van der Waals surface area contributed by atoms with Crippen molar-refractivity contribution in [3.63, 3.8) is 0 Å². The van der Waals surface area contributed by atoms with Crippen LogP contribution in [0.3, 0.4) is 0 Å². The standard InChI is InChI=1S/C10H7N2O/c1-2-5-9(6-3-1)13-10-11-7-4-8-12-10/h1-7H. The Balaban J connectivity index is 2.16. The second kappa shape index (κ2) is 3.67. The van der Waals surface area contributed by atoms with E-state index >= 15 is 0 Å². The van der Waals surface area contributed by atoms with Crippen LogP contribution in [0, 0.1) is 6.20 Å². The van der Waals surface area contributed by atoms with Gasteiger partial charge in [-0.25, -0.2) is 4.98 Å². The van der Waals surface area contributed by atoms with Crippen molar-refractivity contribution in [1.82, 2.24) is 9.97 Å². The third-order valence-corrected chi connectivity index (χ3v) is 1.45. The molecule has 0 spiro atoms. The molecule has 0 bridgehead atoms. The van der Waals surface area contributed by atoms with Crippen molar-refractivity contribution in [2.24, 2.45) is 0 Å². The molecule has 0 N–H and O–H groups in total. The molecule has 1 aromatic carbocycles. The predicted octanol–water partition coefficient (Wildman–Crippen LogP) is 2.07. The SMILES string of the molecule is [c]1ccnc(Oc2ccccc2)n1. The van der Waals surface area contributed by atoms with E-state index in [1.54, 1.807) is 12.3 Å². The highest BCUT2D eigenvalue weighted by Gasteiger charge is 1.95. The predicted molar refractivity (Wildman–Crippen MR) is 47.4 cm³/mol. The average Bonchev–Trinajstić information content (AvgIpc) is 2.21. The van der Waals surface area contributed by atoms with Crippen molar-refractivity contribution in [1.29, 1.82) is 0 Å². The van der Waals surface area contributed by atoms with Crippen molar-refractivity contribution >= 4 is 0 Å². The molecule has 13 heavy (non-hydrogen) atoms. The van der Waals surface area contributed by atoms with Crippen LogP contribution in [0.15, 0.2) is 42.6 Å². The van der Waals surface area contributed by atoms with Crippen molar-refractivity contribution < 1.29 is 4.74 Å². The maximum Gasteiger partial charge on any atom is 0.322 e. The van der Waals surface area contributed by atoms with Gasteiger partial charge >= 0.3 is 6.01 Å². The first kappa shape index (κ1) is 7.73. The summed E-state index contributed by atoms with van der Waals surface area (Å²) in [5.74, 6) is 0.724. The van der Waals surface area contributed by atoms with Crippen LogP contribution < -0.4 is 4.74 Å². The number of benzene rings is 1. The zero-order valence-corrected chi connectivity index (χ0v) is 6.84. The first-order chi connectivity index (χ1) is 6.45. The quantitative estimate of drug-likeness (QED) is 0.693. The third-order valence-electron chi connectivity index (χ3n) is 1.45. The van der Waals surface area contributed by atoms with Gasteiger partial charge in [0.25, 0.3) is 0 Å². The topological polar surface area (TPSA) is 35.0 Å². The third kappa shape index (κ3) is 2.02. The molecular formula is C10H7N2O. The molecule has 0 unspecified atom stereocenters. The molecule has 0 atom stereocenters. The molecule has 1 radical (unpaired) electrons. The van der Waals surface area contributed by atoms with Gasteiger partial charge in [-0.2, -0.15) is 4.98 Å². The lowest BCUT2D eigenvalue weighted by molar-refractivity contribution is 0.441. The summed E-state index contributed by atoms with van der Waals surface area (Å²) in [5, 5.41) is 0. The summed E-state index contributed by atoms with van der Waals surface area (Å²) in [7, 11) is 0. The Hall–Kier alpha value is -1.90. The molecule has 0 amide bonds. The normalized spacial score (nSPS) is 9.54. The van der Waals surface area contributed by atoms with E-state index in [0.717, 1.165) is 5.75 Å². The second-order valence-electron chi connectivity index (χ2n) is 2.38. The van der Waals surface area contributed by atoms with Gasteiger partial charge in [0.15, 0.2) is 0 Å². The summed E-state index contributed by atoms with van der Waals surface area (Å²) in [6.45, 7) is 0. The zero-order chi connectivity index (χ0) is 8.93. The minimum absolute atomic E-state index is 0.314. The van der Waals surface area contributed by atoms with Crippen LogP contribution in [0.5, 0.6) is 11.8 Å². The zero-order valence-electron chi connectivity index (χ0n) is 6.84. The maximum atomic E-state index is 5.32. The highest BCUT2D eigenvalue weighted by molar-refractivity contribution is 5.23. The average molecular weight is 171 g/mol. The molecule has 0 aliphatic rings. The van der Waals surface area contributed by atoms with E-state index < -0.39 is 0 Å². The Labute approximate surface area is 76.0 Å². The van der Waals surface area contributed by atoms with Crippen LogP contribution in [-0.4, -0.2) is 9.97 Å². The Morgan fingerprint density at radius 1 is 1.15 bits per heavy atom. The van der Waals surface area contributed by atoms with E-state index in [4.69, 9.17) is 4.74 Å².